The fraction of sp³-hybridized carbons (Fsp3) is 0.353. The maximum atomic E-state index is 12.1. The van der Waals surface area contributed by atoms with Crippen LogP contribution in [0.2, 0.25) is 0 Å². The molecule has 1 fully saturated rings. The van der Waals surface area contributed by atoms with E-state index in [0.29, 0.717) is 23.3 Å². The Balaban J connectivity index is 1.36. The minimum atomic E-state index is -0.432. The Bertz CT molecular complexity index is 999. The van der Waals surface area contributed by atoms with Crippen molar-refractivity contribution >= 4 is 39.3 Å². The van der Waals surface area contributed by atoms with Gasteiger partial charge in [-0.15, -0.1) is 11.3 Å². The second kappa shape index (κ2) is 6.83. The number of nitrogens with one attached hydrogen (secondary N) is 2. The number of anilines is 2. The number of aryl methyl sites for hydroxylation is 1. The monoisotopic (exact) mass is 373 g/mol. The Kier molecular flexibility index (Phi) is 4.37. The van der Waals surface area contributed by atoms with Crippen LogP contribution in [-0.2, 0) is 13.6 Å². The van der Waals surface area contributed by atoms with E-state index in [4.69, 9.17) is 4.42 Å². The number of hydrogen-bond acceptors (Lipinski definition) is 6. The highest BCUT2D eigenvalue weighted by molar-refractivity contribution is 7.13. The van der Waals surface area contributed by atoms with Gasteiger partial charge < -0.3 is 20.0 Å². The first-order chi connectivity index (χ1) is 12.6. The number of rotatable bonds is 4. The summed E-state index contributed by atoms with van der Waals surface area (Å²) in [6.07, 6.45) is 2.42. The van der Waals surface area contributed by atoms with E-state index in [2.05, 4.69) is 20.5 Å². The third kappa shape index (κ3) is 3.30. The Hall–Kier alpha value is -2.81. The van der Waals surface area contributed by atoms with Gasteiger partial charge >= 0.3 is 11.8 Å². The van der Waals surface area contributed by atoms with Crippen LogP contribution in [0.25, 0.3) is 11.1 Å². The minimum Gasteiger partial charge on any atom is -0.408 e. The molecule has 3 heterocycles. The topological polar surface area (TPSA) is 92.4 Å². The second-order valence-electron chi connectivity index (χ2n) is 6.23. The van der Waals surface area contributed by atoms with Crippen LogP contribution in [0.1, 0.15) is 18.5 Å². The van der Waals surface area contributed by atoms with E-state index in [-0.39, 0.29) is 6.03 Å². The Labute approximate surface area is 153 Å². The maximum absolute atomic E-state index is 12.1. The van der Waals surface area contributed by atoms with Crippen LogP contribution in [0, 0.1) is 0 Å². The molecule has 2 amide bonds. The van der Waals surface area contributed by atoms with Gasteiger partial charge in [-0.05, 0) is 25.0 Å². The molecule has 0 aliphatic carbocycles. The van der Waals surface area contributed by atoms with Gasteiger partial charge in [-0.1, -0.05) is 0 Å². The SMILES string of the molecule is Cn1c(=O)oc2cc(NC(=O)NCc3csc(N4CCCC4)n3)ccc21. The molecule has 4 rings (SSSR count). The number of benzene rings is 1. The summed E-state index contributed by atoms with van der Waals surface area (Å²) in [5, 5.41) is 8.52. The highest BCUT2D eigenvalue weighted by Gasteiger charge is 2.16. The van der Waals surface area contributed by atoms with E-state index in [1.165, 1.54) is 17.4 Å². The minimum absolute atomic E-state index is 0.335. The summed E-state index contributed by atoms with van der Waals surface area (Å²) in [5.74, 6) is -0.432. The predicted octanol–water partition coefficient (Wildman–Crippen LogP) is 2.51. The standard InChI is InChI=1S/C17H19N5O3S/c1-21-13-5-4-11(8-14(13)25-17(21)24)19-15(23)18-9-12-10-26-16(20-12)22-6-2-3-7-22/h4-5,8,10H,2-3,6-7,9H2,1H3,(H2,18,19,23). The number of thiazole rings is 1. The van der Waals surface area contributed by atoms with E-state index in [1.807, 2.05) is 5.38 Å². The van der Waals surface area contributed by atoms with Crippen LogP contribution in [0.4, 0.5) is 15.6 Å². The number of oxazole rings is 1. The highest BCUT2D eigenvalue weighted by atomic mass is 32.1. The summed E-state index contributed by atoms with van der Waals surface area (Å²) in [4.78, 5) is 30.5. The van der Waals surface area contributed by atoms with Crippen molar-refractivity contribution in [3.05, 3.63) is 39.8 Å². The zero-order valence-corrected chi connectivity index (χ0v) is 15.1. The number of carbonyl (C=O) groups excluding carboxylic acids is 1. The van der Waals surface area contributed by atoms with Gasteiger partial charge in [0, 0.05) is 37.3 Å². The van der Waals surface area contributed by atoms with Gasteiger partial charge in [-0.2, -0.15) is 0 Å². The van der Waals surface area contributed by atoms with Crippen LogP contribution < -0.4 is 21.3 Å². The molecule has 0 saturated carbocycles. The third-order valence-corrected chi connectivity index (χ3v) is 5.35. The van der Waals surface area contributed by atoms with Crippen molar-refractivity contribution < 1.29 is 9.21 Å². The molecule has 2 N–H and O–H groups in total. The summed E-state index contributed by atoms with van der Waals surface area (Å²) < 4.78 is 6.54. The first-order valence-corrected chi connectivity index (χ1v) is 9.32. The normalized spacial score (nSPS) is 14.1. The second-order valence-corrected chi connectivity index (χ2v) is 7.07. The molecule has 2 aromatic heterocycles. The highest BCUT2D eigenvalue weighted by Crippen LogP contribution is 2.24. The molecule has 0 unspecified atom stereocenters. The van der Waals surface area contributed by atoms with Crippen molar-refractivity contribution in [1.29, 1.82) is 0 Å². The largest absolute Gasteiger partial charge is 0.419 e. The number of amides is 2. The lowest BCUT2D eigenvalue weighted by molar-refractivity contribution is 0.251. The molecule has 1 aliphatic heterocycles. The van der Waals surface area contributed by atoms with Crippen molar-refractivity contribution in [2.45, 2.75) is 19.4 Å². The van der Waals surface area contributed by atoms with Crippen molar-refractivity contribution in [3.8, 4) is 0 Å². The van der Waals surface area contributed by atoms with Gasteiger partial charge in [-0.3, -0.25) is 4.57 Å². The molecule has 0 atom stereocenters. The van der Waals surface area contributed by atoms with Crippen molar-refractivity contribution in [3.63, 3.8) is 0 Å². The number of urea groups is 1. The molecule has 9 heteroatoms. The summed E-state index contributed by atoms with van der Waals surface area (Å²) in [5.41, 5.74) is 2.51. The average molecular weight is 373 g/mol. The van der Waals surface area contributed by atoms with Gasteiger partial charge in [0.05, 0.1) is 17.8 Å². The van der Waals surface area contributed by atoms with Gasteiger partial charge in [0.2, 0.25) is 0 Å². The summed E-state index contributed by atoms with van der Waals surface area (Å²) in [6.45, 7) is 2.47. The van der Waals surface area contributed by atoms with Crippen LogP contribution in [0.3, 0.4) is 0 Å². The molecule has 0 spiro atoms. The average Bonchev–Trinajstić information content (AvgIpc) is 3.35. The van der Waals surface area contributed by atoms with Gasteiger partial charge in [0.25, 0.3) is 0 Å². The van der Waals surface area contributed by atoms with Crippen LogP contribution in [0.15, 0.2) is 32.8 Å². The molecule has 136 valence electrons. The predicted molar refractivity (Wildman–Crippen MR) is 101 cm³/mol. The van der Waals surface area contributed by atoms with Gasteiger partial charge in [0.15, 0.2) is 10.7 Å². The fourth-order valence-corrected chi connectivity index (χ4v) is 3.87. The zero-order chi connectivity index (χ0) is 18.1. The molecule has 1 aliphatic rings. The van der Waals surface area contributed by atoms with Gasteiger partial charge in [-0.25, -0.2) is 14.6 Å². The summed E-state index contributed by atoms with van der Waals surface area (Å²) >= 11 is 1.61. The fourth-order valence-electron chi connectivity index (χ4n) is 2.99. The van der Waals surface area contributed by atoms with E-state index in [9.17, 15) is 9.59 Å². The lowest BCUT2D eigenvalue weighted by Gasteiger charge is -2.12. The molecular formula is C17H19N5O3S. The van der Waals surface area contributed by atoms with E-state index < -0.39 is 5.76 Å². The third-order valence-electron chi connectivity index (χ3n) is 4.40. The molecule has 26 heavy (non-hydrogen) atoms. The van der Waals surface area contributed by atoms with Crippen molar-refractivity contribution in [2.75, 3.05) is 23.3 Å². The molecular weight excluding hydrogens is 354 g/mol. The number of fused-ring (bicyclic) bond motifs is 1. The Morgan fingerprint density at radius 1 is 1.35 bits per heavy atom. The molecule has 3 aromatic rings. The lowest BCUT2D eigenvalue weighted by atomic mass is 10.3. The molecule has 1 aromatic carbocycles. The quantitative estimate of drug-likeness (QED) is 0.733. The first-order valence-electron chi connectivity index (χ1n) is 8.44. The van der Waals surface area contributed by atoms with Crippen molar-refractivity contribution in [1.82, 2.24) is 14.9 Å². The number of nitrogens with zero attached hydrogens (tertiary/aromatic N) is 3. The Morgan fingerprint density at radius 2 is 2.15 bits per heavy atom. The maximum Gasteiger partial charge on any atom is 0.419 e. The number of hydrogen-bond donors (Lipinski definition) is 2. The van der Waals surface area contributed by atoms with Crippen molar-refractivity contribution in [2.24, 2.45) is 7.05 Å². The van der Waals surface area contributed by atoms with E-state index >= 15 is 0 Å². The summed E-state index contributed by atoms with van der Waals surface area (Å²) in [6, 6.07) is 4.76. The van der Waals surface area contributed by atoms with Crippen LogP contribution in [0.5, 0.6) is 0 Å². The molecule has 1 saturated heterocycles. The van der Waals surface area contributed by atoms with E-state index in [1.54, 1.807) is 36.6 Å². The van der Waals surface area contributed by atoms with Crippen LogP contribution in [-0.4, -0.2) is 28.7 Å². The van der Waals surface area contributed by atoms with E-state index in [0.717, 1.165) is 23.9 Å². The molecule has 0 bridgehead atoms. The van der Waals surface area contributed by atoms with Gasteiger partial charge in [0.1, 0.15) is 0 Å². The number of carbonyl (C=O) groups is 1. The summed E-state index contributed by atoms with van der Waals surface area (Å²) in [7, 11) is 1.64. The molecule has 0 radical (unpaired) electrons. The smallest absolute Gasteiger partial charge is 0.408 e. The lowest BCUT2D eigenvalue weighted by Crippen LogP contribution is -2.28. The van der Waals surface area contributed by atoms with Crippen LogP contribution >= 0.6 is 11.3 Å². The number of aromatic nitrogens is 2. The first kappa shape index (κ1) is 16.6. The molecule has 8 nitrogen and oxygen atoms in total. The Morgan fingerprint density at radius 3 is 2.96 bits per heavy atom. The zero-order valence-electron chi connectivity index (χ0n) is 14.3.